The molecule has 16 heavy (non-hydrogen) atoms. The van der Waals surface area contributed by atoms with Crippen LogP contribution in [0.4, 0.5) is 11.4 Å². The molecule has 0 atom stereocenters. The van der Waals surface area contributed by atoms with E-state index in [0.29, 0.717) is 0 Å². The summed E-state index contributed by atoms with van der Waals surface area (Å²) in [6.45, 7) is 8.80. The SMILES string of the molecule is CCNc1cncc(N2CCCC2(C)C)c1. The van der Waals surface area contributed by atoms with Crippen LogP contribution in [0.2, 0.25) is 0 Å². The quantitative estimate of drug-likeness (QED) is 0.847. The molecule has 0 saturated carbocycles. The van der Waals surface area contributed by atoms with E-state index in [1.807, 2.05) is 12.4 Å². The largest absolute Gasteiger partial charge is 0.384 e. The van der Waals surface area contributed by atoms with Crippen molar-refractivity contribution in [3.63, 3.8) is 0 Å². The van der Waals surface area contributed by atoms with Crippen molar-refractivity contribution in [2.75, 3.05) is 23.3 Å². The summed E-state index contributed by atoms with van der Waals surface area (Å²) in [7, 11) is 0. The Balaban J connectivity index is 2.23. The molecule has 0 bridgehead atoms. The molecule has 1 aromatic heterocycles. The van der Waals surface area contributed by atoms with Crippen LogP contribution in [0, 0.1) is 0 Å². The van der Waals surface area contributed by atoms with Crippen LogP contribution in [-0.2, 0) is 0 Å². The standard InChI is InChI=1S/C13H21N3/c1-4-15-11-8-12(10-14-9-11)16-7-5-6-13(16,2)3/h8-10,15H,4-7H2,1-3H3. The molecule has 3 heteroatoms. The molecule has 0 unspecified atom stereocenters. The minimum absolute atomic E-state index is 0.270. The van der Waals surface area contributed by atoms with Gasteiger partial charge < -0.3 is 10.2 Å². The van der Waals surface area contributed by atoms with Crippen LogP contribution in [0.1, 0.15) is 33.6 Å². The molecular formula is C13H21N3. The van der Waals surface area contributed by atoms with E-state index in [2.05, 4.69) is 42.0 Å². The Morgan fingerprint density at radius 2 is 2.25 bits per heavy atom. The number of hydrogen-bond donors (Lipinski definition) is 1. The molecule has 1 aliphatic heterocycles. The summed E-state index contributed by atoms with van der Waals surface area (Å²) in [5.74, 6) is 0. The summed E-state index contributed by atoms with van der Waals surface area (Å²) in [5, 5.41) is 3.31. The van der Waals surface area contributed by atoms with E-state index in [1.165, 1.54) is 18.5 Å². The lowest BCUT2D eigenvalue weighted by atomic mass is 10.0. The fourth-order valence-electron chi connectivity index (χ4n) is 2.46. The zero-order chi connectivity index (χ0) is 11.6. The van der Waals surface area contributed by atoms with Crippen LogP contribution in [-0.4, -0.2) is 23.6 Å². The maximum absolute atomic E-state index is 4.31. The summed E-state index contributed by atoms with van der Waals surface area (Å²) in [5.41, 5.74) is 2.62. The van der Waals surface area contributed by atoms with Crippen LogP contribution < -0.4 is 10.2 Å². The van der Waals surface area contributed by atoms with Crippen molar-refractivity contribution in [2.45, 2.75) is 39.2 Å². The van der Waals surface area contributed by atoms with E-state index in [9.17, 15) is 0 Å². The minimum Gasteiger partial charge on any atom is -0.384 e. The van der Waals surface area contributed by atoms with Gasteiger partial charge in [-0.15, -0.1) is 0 Å². The van der Waals surface area contributed by atoms with Crippen LogP contribution in [0.15, 0.2) is 18.5 Å². The average molecular weight is 219 g/mol. The van der Waals surface area contributed by atoms with Gasteiger partial charge in [-0.25, -0.2) is 0 Å². The lowest BCUT2D eigenvalue weighted by Crippen LogP contribution is -2.38. The molecule has 3 nitrogen and oxygen atoms in total. The molecule has 0 amide bonds. The number of hydrogen-bond acceptors (Lipinski definition) is 3. The first-order valence-electron chi connectivity index (χ1n) is 6.10. The third-order valence-corrected chi connectivity index (χ3v) is 3.32. The number of nitrogens with zero attached hydrogens (tertiary/aromatic N) is 2. The van der Waals surface area contributed by atoms with E-state index < -0.39 is 0 Å². The highest BCUT2D eigenvalue weighted by molar-refractivity contribution is 5.57. The zero-order valence-electron chi connectivity index (χ0n) is 10.5. The van der Waals surface area contributed by atoms with E-state index in [4.69, 9.17) is 0 Å². The second-order valence-corrected chi connectivity index (χ2v) is 5.03. The van der Waals surface area contributed by atoms with Gasteiger partial charge in [0.1, 0.15) is 0 Å². The Morgan fingerprint density at radius 1 is 1.44 bits per heavy atom. The highest BCUT2D eigenvalue weighted by atomic mass is 15.2. The second-order valence-electron chi connectivity index (χ2n) is 5.03. The molecule has 88 valence electrons. The normalized spacial score (nSPS) is 18.8. The number of nitrogens with one attached hydrogen (secondary N) is 1. The van der Waals surface area contributed by atoms with Crippen LogP contribution in [0.3, 0.4) is 0 Å². The predicted octanol–water partition coefficient (Wildman–Crippen LogP) is 2.89. The summed E-state index contributed by atoms with van der Waals surface area (Å²) >= 11 is 0. The molecule has 1 fully saturated rings. The fraction of sp³-hybridized carbons (Fsp3) is 0.615. The second kappa shape index (κ2) is 4.32. The highest BCUT2D eigenvalue weighted by Crippen LogP contribution is 2.33. The van der Waals surface area contributed by atoms with Crippen molar-refractivity contribution in [1.29, 1.82) is 0 Å². The average Bonchev–Trinajstić information content (AvgIpc) is 2.59. The van der Waals surface area contributed by atoms with Crippen molar-refractivity contribution in [3.05, 3.63) is 18.5 Å². The summed E-state index contributed by atoms with van der Waals surface area (Å²) in [6, 6.07) is 2.20. The molecule has 1 aromatic rings. The number of pyridine rings is 1. The van der Waals surface area contributed by atoms with Gasteiger partial charge in [0, 0.05) is 18.6 Å². The topological polar surface area (TPSA) is 28.2 Å². The van der Waals surface area contributed by atoms with Crippen molar-refractivity contribution in [2.24, 2.45) is 0 Å². The summed E-state index contributed by atoms with van der Waals surface area (Å²) in [6.07, 6.45) is 6.39. The minimum atomic E-state index is 0.270. The summed E-state index contributed by atoms with van der Waals surface area (Å²) in [4.78, 5) is 6.77. The van der Waals surface area contributed by atoms with E-state index in [-0.39, 0.29) is 5.54 Å². The highest BCUT2D eigenvalue weighted by Gasteiger charge is 2.32. The molecule has 0 aliphatic carbocycles. The monoisotopic (exact) mass is 219 g/mol. The maximum Gasteiger partial charge on any atom is 0.0577 e. The van der Waals surface area contributed by atoms with Gasteiger partial charge in [-0.05, 0) is 39.7 Å². The number of anilines is 2. The Hall–Kier alpha value is -1.25. The number of rotatable bonds is 3. The van der Waals surface area contributed by atoms with Gasteiger partial charge in [-0.2, -0.15) is 0 Å². The van der Waals surface area contributed by atoms with E-state index in [1.54, 1.807) is 0 Å². The van der Waals surface area contributed by atoms with Gasteiger partial charge in [0.2, 0.25) is 0 Å². The maximum atomic E-state index is 4.31. The van der Waals surface area contributed by atoms with Crippen molar-refractivity contribution >= 4 is 11.4 Å². The van der Waals surface area contributed by atoms with Gasteiger partial charge in [0.25, 0.3) is 0 Å². The molecule has 2 heterocycles. The molecule has 0 aromatic carbocycles. The molecule has 0 spiro atoms. The lowest BCUT2D eigenvalue weighted by molar-refractivity contribution is 0.517. The van der Waals surface area contributed by atoms with Crippen LogP contribution >= 0.6 is 0 Å². The predicted molar refractivity (Wildman–Crippen MR) is 69.1 cm³/mol. The first kappa shape index (κ1) is 11.2. The van der Waals surface area contributed by atoms with Crippen LogP contribution in [0.5, 0.6) is 0 Å². The summed E-state index contributed by atoms with van der Waals surface area (Å²) < 4.78 is 0. The number of aromatic nitrogens is 1. The molecule has 0 radical (unpaired) electrons. The smallest absolute Gasteiger partial charge is 0.0577 e. The van der Waals surface area contributed by atoms with Crippen molar-refractivity contribution < 1.29 is 0 Å². The van der Waals surface area contributed by atoms with Crippen molar-refractivity contribution in [1.82, 2.24) is 4.98 Å². The van der Waals surface area contributed by atoms with Gasteiger partial charge >= 0.3 is 0 Å². The van der Waals surface area contributed by atoms with E-state index >= 15 is 0 Å². The van der Waals surface area contributed by atoms with E-state index in [0.717, 1.165) is 18.8 Å². The Morgan fingerprint density at radius 3 is 2.88 bits per heavy atom. The fourth-order valence-corrected chi connectivity index (χ4v) is 2.46. The third kappa shape index (κ3) is 2.13. The molecule has 1 N–H and O–H groups in total. The van der Waals surface area contributed by atoms with Gasteiger partial charge in [0.05, 0.1) is 23.8 Å². The molecule has 1 saturated heterocycles. The Labute approximate surface area is 97.9 Å². The van der Waals surface area contributed by atoms with Gasteiger partial charge in [-0.1, -0.05) is 0 Å². The molecule has 2 rings (SSSR count). The lowest BCUT2D eigenvalue weighted by Gasteiger charge is -2.33. The molecular weight excluding hydrogens is 198 g/mol. The van der Waals surface area contributed by atoms with Gasteiger partial charge in [-0.3, -0.25) is 4.98 Å². The Kier molecular flexibility index (Phi) is 3.03. The van der Waals surface area contributed by atoms with Gasteiger partial charge in [0.15, 0.2) is 0 Å². The first-order valence-corrected chi connectivity index (χ1v) is 6.10. The first-order chi connectivity index (χ1) is 7.63. The van der Waals surface area contributed by atoms with Crippen molar-refractivity contribution in [3.8, 4) is 0 Å². The zero-order valence-corrected chi connectivity index (χ0v) is 10.5. The van der Waals surface area contributed by atoms with Crippen LogP contribution in [0.25, 0.3) is 0 Å². The molecule has 1 aliphatic rings. The Bertz CT molecular complexity index is 360. The third-order valence-electron chi connectivity index (χ3n) is 3.32.